The lowest BCUT2D eigenvalue weighted by Gasteiger charge is -2.07. The number of carbonyl (C=O) groups excluding carboxylic acids is 1. The molecule has 0 spiro atoms. The average molecular weight is 208 g/mol. The predicted molar refractivity (Wildman–Crippen MR) is 61.1 cm³/mol. The number of nitrogens with zero attached hydrogens (tertiary/aromatic N) is 2. The fraction of sp³-hybridized carbons (Fsp3) is 0.667. The zero-order chi connectivity index (χ0) is 11.6. The molecule has 0 fully saturated rings. The first kappa shape index (κ1) is 12.0. The minimum atomic E-state index is 0.229. The Kier molecular flexibility index (Phi) is 3.66. The van der Waals surface area contributed by atoms with E-state index in [-0.39, 0.29) is 5.78 Å². The lowest BCUT2D eigenvalue weighted by atomic mass is 9.97. The van der Waals surface area contributed by atoms with Crippen LogP contribution in [-0.2, 0) is 7.05 Å². The van der Waals surface area contributed by atoms with Crippen molar-refractivity contribution in [1.29, 1.82) is 0 Å². The Balaban J connectivity index is 2.91. The molecule has 0 aliphatic rings. The van der Waals surface area contributed by atoms with Gasteiger partial charge in [0, 0.05) is 19.2 Å². The predicted octanol–water partition coefficient (Wildman–Crippen LogP) is 2.66. The highest BCUT2D eigenvalue weighted by atomic mass is 16.1. The Hall–Kier alpha value is -1.12. The quantitative estimate of drug-likeness (QED) is 0.713. The Morgan fingerprint density at radius 2 is 2.07 bits per heavy atom. The molecule has 1 aromatic rings. The lowest BCUT2D eigenvalue weighted by Crippen LogP contribution is -2.07. The van der Waals surface area contributed by atoms with Gasteiger partial charge in [0.05, 0.1) is 11.3 Å². The number of aromatic nitrogens is 2. The van der Waals surface area contributed by atoms with Crippen LogP contribution < -0.4 is 0 Å². The first-order valence-corrected chi connectivity index (χ1v) is 5.50. The van der Waals surface area contributed by atoms with Gasteiger partial charge in [0.1, 0.15) is 0 Å². The maximum Gasteiger partial charge on any atom is 0.166 e. The molecule has 0 saturated carbocycles. The van der Waals surface area contributed by atoms with Crippen molar-refractivity contribution >= 4 is 5.78 Å². The van der Waals surface area contributed by atoms with Crippen molar-refractivity contribution in [2.24, 2.45) is 13.0 Å². The normalized spacial score (nSPS) is 12.9. The van der Waals surface area contributed by atoms with Crippen LogP contribution in [0, 0.1) is 19.8 Å². The Morgan fingerprint density at radius 1 is 1.47 bits per heavy atom. The van der Waals surface area contributed by atoms with Gasteiger partial charge in [-0.25, -0.2) is 0 Å². The lowest BCUT2D eigenvalue weighted by molar-refractivity contribution is 0.0962. The van der Waals surface area contributed by atoms with Gasteiger partial charge in [0.2, 0.25) is 0 Å². The second-order valence-electron chi connectivity index (χ2n) is 4.31. The van der Waals surface area contributed by atoms with Crippen LogP contribution in [0.15, 0.2) is 0 Å². The topological polar surface area (TPSA) is 34.9 Å². The van der Waals surface area contributed by atoms with E-state index in [4.69, 9.17) is 0 Å². The van der Waals surface area contributed by atoms with Crippen LogP contribution in [0.1, 0.15) is 48.4 Å². The third-order valence-electron chi connectivity index (χ3n) is 3.02. The minimum absolute atomic E-state index is 0.229. The van der Waals surface area contributed by atoms with E-state index < -0.39 is 0 Å². The van der Waals surface area contributed by atoms with E-state index >= 15 is 0 Å². The Bertz CT molecular complexity index is 366. The maximum absolute atomic E-state index is 12.0. The van der Waals surface area contributed by atoms with Gasteiger partial charge in [-0.3, -0.25) is 9.48 Å². The summed E-state index contributed by atoms with van der Waals surface area (Å²) in [7, 11) is 1.88. The fourth-order valence-electron chi connectivity index (χ4n) is 1.74. The molecule has 15 heavy (non-hydrogen) atoms. The van der Waals surface area contributed by atoms with E-state index in [0.29, 0.717) is 12.3 Å². The third-order valence-corrected chi connectivity index (χ3v) is 3.02. The highest BCUT2D eigenvalue weighted by Crippen LogP contribution is 2.18. The monoisotopic (exact) mass is 208 g/mol. The number of carbonyl (C=O) groups is 1. The molecule has 0 aromatic carbocycles. The standard InChI is InChI=1S/C12H20N2O/c1-6-8(2)7-11(15)12-9(3)13-14(5)10(12)4/h8H,6-7H2,1-5H3. The third kappa shape index (κ3) is 2.46. The molecule has 84 valence electrons. The molecule has 0 radical (unpaired) electrons. The molecular weight excluding hydrogens is 188 g/mol. The summed E-state index contributed by atoms with van der Waals surface area (Å²) in [5, 5.41) is 4.26. The van der Waals surface area contributed by atoms with E-state index in [1.54, 1.807) is 4.68 Å². The molecule has 1 aromatic heterocycles. The molecule has 1 unspecified atom stereocenters. The van der Waals surface area contributed by atoms with Crippen LogP contribution in [0.2, 0.25) is 0 Å². The molecule has 3 nitrogen and oxygen atoms in total. The first-order valence-electron chi connectivity index (χ1n) is 5.50. The number of aryl methyl sites for hydroxylation is 2. The highest BCUT2D eigenvalue weighted by Gasteiger charge is 2.18. The molecule has 0 N–H and O–H groups in total. The summed E-state index contributed by atoms with van der Waals surface area (Å²) in [5.74, 6) is 0.684. The molecular formula is C12H20N2O. The van der Waals surface area contributed by atoms with Gasteiger partial charge in [-0.1, -0.05) is 20.3 Å². The summed E-state index contributed by atoms with van der Waals surface area (Å²) in [6.45, 7) is 8.07. The second-order valence-corrected chi connectivity index (χ2v) is 4.31. The number of rotatable bonds is 4. The van der Waals surface area contributed by atoms with Gasteiger partial charge >= 0.3 is 0 Å². The number of hydrogen-bond acceptors (Lipinski definition) is 2. The van der Waals surface area contributed by atoms with Crippen LogP contribution in [0.3, 0.4) is 0 Å². The average Bonchev–Trinajstić information content (AvgIpc) is 2.41. The summed E-state index contributed by atoms with van der Waals surface area (Å²) in [6.07, 6.45) is 1.67. The van der Waals surface area contributed by atoms with Gasteiger partial charge in [0.15, 0.2) is 5.78 Å². The Labute approximate surface area is 91.5 Å². The van der Waals surface area contributed by atoms with Crippen LogP contribution in [0.4, 0.5) is 0 Å². The van der Waals surface area contributed by atoms with E-state index in [2.05, 4.69) is 18.9 Å². The van der Waals surface area contributed by atoms with Crippen LogP contribution in [-0.4, -0.2) is 15.6 Å². The van der Waals surface area contributed by atoms with Crippen LogP contribution in [0.25, 0.3) is 0 Å². The van der Waals surface area contributed by atoms with E-state index in [1.807, 2.05) is 20.9 Å². The highest BCUT2D eigenvalue weighted by molar-refractivity contribution is 5.98. The van der Waals surface area contributed by atoms with Crippen molar-refractivity contribution in [3.8, 4) is 0 Å². The van der Waals surface area contributed by atoms with Crippen molar-refractivity contribution < 1.29 is 4.79 Å². The van der Waals surface area contributed by atoms with E-state index in [9.17, 15) is 4.79 Å². The summed E-state index contributed by atoms with van der Waals surface area (Å²) >= 11 is 0. The first-order chi connectivity index (χ1) is 6.97. The van der Waals surface area contributed by atoms with Crippen molar-refractivity contribution in [2.75, 3.05) is 0 Å². The largest absolute Gasteiger partial charge is 0.294 e. The van der Waals surface area contributed by atoms with E-state index in [0.717, 1.165) is 23.4 Å². The second kappa shape index (κ2) is 4.60. The van der Waals surface area contributed by atoms with Crippen LogP contribution >= 0.6 is 0 Å². The number of hydrogen-bond donors (Lipinski definition) is 0. The van der Waals surface area contributed by atoms with Gasteiger partial charge < -0.3 is 0 Å². The molecule has 0 aliphatic heterocycles. The molecule has 0 amide bonds. The van der Waals surface area contributed by atoms with Gasteiger partial charge in [-0.15, -0.1) is 0 Å². The van der Waals surface area contributed by atoms with E-state index in [1.165, 1.54) is 0 Å². The van der Waals surface area contributed by atoms with Crippen molar-refractivity contribution in [2.45, 2.75) is 40.5 Å². The zero-order valence-electron chi connectivity index (χ0n) is 10.3. The van der Waals surface area contributed by atoms with Gasteiger partial charge in [-0.2, -0.15) is 5.10 Å². The minimum Gasteiger partial charge on any atom is -0.294 e. The molecule has 1 rings (SSSR count). The van der Waals surface area contributed by atoms with Crippen molar-refractivity contribution in [3.05, 3.63) is 17.0 Å². The molecule has 0 bridgehead atoms. The summed E-state index contributed by atoms with van der Waals surface area (Å²) < 4.78 is 1.78. The molecule has 0 aliphatic carbocycles. The number of Topliss-reactive ketones (excluding diaryl/α,β-unsaturated/α-hetero) is 1. The van der Waals surface area contributed by atoms with Crippen molar-refractivity contribution in [3.63, 3.8) is 0 Å². The summed E-state index contributed by atoms with van der Waals surface area (Å²) in [4.78, 5) is 12.0. The number of ketones is 1. The molecule has 1 heterocycles. The van der Waals surface area contributed by atoms with Crippen LogP contribution in [0.5, 0.6) is 0 Å². The summed E-state index contributed by atoms with van der Waals surface area (Å²) in [5.41, 5.74) is 2.64. The summed E-state index contributed by atoms with van der Waals surface area (Å²) in [6, 6.07) is 0. The maximum atomic E-state index is 12.0. The Morgan fingerprint density at radius 3 is 2.47 bits per heavy atom. The molecule has 0 saturated heterocycles. The fourth-order valence-corrected chi connectivity index (χ4v) is 1.74. The van der Waals surface area contributed by atoms with Gasteiger partial charge in [-0.05, 0) is 19.8 Å². The zero-order valence-corrected chi connectivity index (χ0v) is 10.3. The molecule has 1 atom stereocenters. The van der Waals surface area contributed by atoms with Crippen molar-refractivity contribution in [1.82, 2.24) is 9.78 Å². The van der Waals surface area contributed by atoms with Gasteiger partial charge in [0.25, 0.3) is 0 Å². The smallest absolute Gasteiger partial charge is 0.166 e. The SMILES string of the molecule is CCC(C)CC(=O)c1c(C)nn(C)c1C. The molecule has 3 heteroatoms.